The summed E-state index contributed by atoms with van der Waals surface area (Å²) >= 11 is 1.05. The Labute approximate surface area is 155 Å². The molecule has 0 saturated heterocycles. The minimum Gasteiger partial charge on any atom is -0.482 e. The summed E-state index contributed by atoms with van der Waals surface area (Å²) < 4.78 is 30.8. The van der Waals surface area contributed by atoms with Crippen molar-refractivity contribution in [2.45, 2.75) is 4.90 Å². The second-order valence-corrected chi connectivity index (χ2v) is 8.48. The van der Waals surface area contributed by atoms with E-state index < -0.39 is 28.5 Å². The number of benzene rings is 1. The zero-order valence-corrected chi connectivity index (χ0v) is 16.0. The lowest BCUT2D eigenvalue weighted by molar-refractivity contribution is -0.139. The van der Waals surface area contributed by atoms with Crippen molar-refractivity contribution in [1.82, 2.24) is 4.31 Å². The normalized spacial score (nSPS) is 11.4. The molecule has 1 amide bonds. The van der Waals surface area contributed by atoms with Gasteiger partial charge in [0, 0.05) is 26.8 Å². The highest BCUT2D eigenvalue weighted by molar-refractivity contribution is 7.89. The van der Waals surface area contributed by atoms with E-state index in [1.165, 1.54) is 44.2 Å². The third-order valence-corrected chi connectivity index (χ3v) is 6.36. The molecule has 0 spiro atoms. The molecule has 140 valence electrons. The minimum atomic E-state index is -3.73. The third-order valence-electron chi connectivity index (χ3n) is 3.47. The van der Waals surface area contributed by atoms with E-state index in [1.54, 1.807) is 17.5 Å². The van der Waals surface area contributed by atoms with Crippen LogP contribution in [-0.2, 0) is 14.8 Å². The van der Waals surface area contributed by atoms with Crippen LogP contribution in [0.15, 0.2) is 40.6 Å². The second-order valence-electron chi connectivity index (χ2n) is 5.44. The van der Waals surface area contributed by atoms with Gasteiger partial charge in [-0.3, -0.25) is 4.79 Å². The van der Waals surface area contributed by atoms with Gasteiger partial charge in [-0.05, 0) is 35.7 Å². The molecule has 0 aliphatic carbocycles. The van der Waals surface area contributed by atoms with E-state index in [1.807, 2.05) is 0 Å². The van der Waals surface area contributed by atoms with Crippen molar-refractivity contribution in [3.63, 3.8) is 0 Å². The Kier molecular flexibility index (Phi) is 6.01. The average molecular weight is 398 g/mol. The van der Waals surface area contributed by atoms with Crippen LogP contribution in [0.2, 0.25) is 0 Å². The number of ether oxygens (including phenoxy) is 1. The first-order chi connectivity index (χ1) is 12.1. The van der Waals surface area contributed by atoms with Gasteiger partial charge in [-0.25, -0.2) is 17.5 Å². The number of sulfonamides is 1. The highest BCUT2D eigenvalue weighted by Crippen LogP contribution is 2.27. The number of carbonyl (C=O) groups excluding carboxylic acids is 1. The Morgan fingerprint density at radius 2 is 1.73 bits per heavy atom. The number of amides is 1. The van der Waals surface area contributed by atoms with Crippen molar-refractivity contribution >= 4 is 38.9 Å². The molecule has 2 rings (SSSR count). The van der Waals surface area contributed by atoms with E-state index in [0.717, 1.165) is 15.6 Å². The smallest absolute Gasteiger partial charge is 0.341 e. The number of carboxylic acid groups (broad SMARTS) is 1. The first-order valence-corrected chi connectivity index (χ1v) is 9.69. The number of hydrogen-bond acceptors (Lipinski definition) is 6. The van der Waals surface area contributed by atoms with E-state index in [-0.39, 0.29) is 9.77 Å². The number of rotatable bonds is 7. The van der Waals surface area contributed by atoms with Gasteiger partial charge in [0.15, 0.2) is 6.61 Å². The van der Waals surface area contributed by atoms with Gasteiger partial charge in [-0.1, -0.05) is 0 Å². The summed E-state index contributed by atoms with van der Waals surface area (Å²) in [5.74, 6) is -1.20. The number of nitrogens with zero attached hydrogens (tertiary/aromatic N) is 2. The quantitative estimate of drug-likeness (QED) is 0.762. The highest BCUT2D eigenvalue weighted by atomic mass is 32.2. The molecule has 26 heavy (non-hydrogen) atoms. The first kappa shape index (κ1) is 19.9. The maximum Gasteiger partial charge on any atom is 0.341 e. The van der Waals surface area contributed by atoms with Crippen LogP contribution in [0.1, 0.15) is 9.67 Å². The topological polar surface area (TPSA) is 104 Å². The van der Waals surface area contributed by atoms with E-state index in [9.17, 15) is 18.0 Å². The molecule has 0 radical (unpaired) electrons. The predicted molar refractivity (Wildman–Crippen MR) is 97.5 cm³/mol. The van der Waals surface area contributed by atoms with E-state index in [2.05, 4.69) is 0 Å². The molecule has 0 atom stereocenters. The fourth-order valence-electron chi connectivity index (χ4n) is 2.03. The maximum atomic E-state index is 12.7. The molecule has 8 nitrogen and oxygen atoms in total. The molecule has 0 saturated carbocycles. The van der Waals surface area contributed by atoms with Crippen LogP contribution in [0.25, 0.3) is 0 Å². The fourth-order valence-corrected chi connectivity index (χ4v) is 4.30. The van der Waals surface area contributed by atoms with Crippen LogP contribution in [0.4, 0.5) is 5.69 Å². The van der Waals surface area contributed by atoms with Gasteiger partial charge in [0.2, 0.25) is 10.0 Å². The molecule has 1 aromatic heterocycles. The Balaban J connectivity index is 2.23. The van der Waals surface area contributed by atoms with Crippen LogP contribution >= 0.6 is 11.3 Å². The van der Waals surface area contributed by atoms with Gasteiger partial charge >= 0.3 is 5.97 Å². The molecule has 0 bridgehead atoms. The first-order valence-electron chi connectivity index (χ1n) is 7.37. The van der Waals surface area contributed by atoms with Crippen molar-refractivity contribution in [2.24, 2.45) is 0 Å². The predicted octanol–water partition coefficient (Wildman–Crippen LogP) is 1.74. The Morgan fingerprint density at radius 3 is 2.27 bits per heavy atom. The van der Waals surface area contributed by atoms with E-state index >= 15 is 0 Å². The van der Waals surface area contributed by atoms with Gasteiger partial charge in [0.05, 0.1) is 0 Å². The van der Waals surface area contributed by atoms with Crippen LogP contribution in [0, 0.1) is 0 Å². The van der Waals surface area contributed by atoms with Gasteiger partial charge in [-0.2, -0.15) is 0 Å². The van der Waals surface area contributed by atoms with Gasteiger partial charge < -0.3 is 14.7 Å². The van der Waals surface area contributed by atoms with Crippen molar-refractivity contribution < 1.29 is 27.9 Å². The van der Waals surface area contributed by atoms with Gasteiger partial charge in [-0.15, -0.1) is 11.3 Å². The molecule has 0 fully saturated rings. The lowest BCUT2D eigenvalue weighted by atomic mass is 10.2. The maximum absolute atomic E-state index is 12.7. The summed E-state index contributed by atoms with van der Waals surface area (Å²) in [4.78, 5) is 24.6. The molecule has 1 heterocycles. The van der Waals surface area contributed by atoms with Crippen LogP contribution in [0.5, 0.6) is 5.75 Å². The monoisotopic (exact) mass is 398 g/mol. The fraction of sp³-hybridized carbons (Fsp3) is 0.250. The summed E-state index contributed by atoms with van der Waals surface area (Å²) in [6, 6.07) is 7.65. The molecule has 10 heteroatoms. The highest BCUT2D eigenvalue weighted by Gasteiger charge is 2.28. The second kappa shape index (κ2) is 7.85. The van der Waals surface area contributed by atoms with Crippen LogP contribution in [0.3, 0.4) is 0 Å². The number of anilines is 1. The standard InChI is InChI=1S/C16H18N2O6S2/c1-17(2)26(22,23)13-8-9-25-15(13)16(21)18(3)11-4-6-12(7-5-11)24-10-14(19)20/h4-9H,10H2,1-3H3,(H,19,20). The Hall–Kier alpha value is -2.43. The molecule has 0 unspecified atom stereocenters. The lowest BCUT2D eigenvalue weighted by Gasteiger charge is -2.18. The summed E-state index contributed by atoms with van der Waals surface area (Å²) in [6.45, 7) is -0.463. The minimum absolute atomic E-state index is 0.0363. The van der Waals surface area contributed by atoms with Crippen molar-refractivity contribution in [2.75, 3.05) is 32.6 Å². The number of carbonyl (C=O) groups is 2. The zero-order valence-electron chi connectivity index (χ0n) is 14.4. The summed E-state index contributed by atoms with van der Waals surface area (Å²) in [7, 11) is 0.610. The molecule has 2 aromatic rings. The van der Waals surface area contributed by atoms with Crippen LogP contribution < -0.4 is 9.64 Å². The number of aliphatic carboxylic acids is 1. The lowest BCUT2D eigenvalue weighted by Crippen LogP contribution is -2.29. The Morgan fingerprint density at radius 1 is 1.12 bits per heavy atom. The molecular weight excluding hydrogens is 380 g/mol. The number of hydrogen-bond donors (Lipinski definition) is 1. The molecule has 0 aliphatic heterocycles. The average Bonchev–Trinajstić information content (AvgIpc) is 3.09. The number of thiophene rings is 1. The molecule has 0 aliphatic rings. The largest absolute Gasteiger partial charge is 0.482 e. The van der Waals surface area contributed by atoms with E-state index in [4.69, 9.17) is 9.84 Å². The van der Waals surface area contributed by atoms with Crippen molar-refractivity contribution in [1.29, 1.82) is 0 Å². The number of carboxylic acids is 1. The van der Waals surface area contributed by atoms with Crippen molar-refractivity contribution in [3.8, 4) is 5.75 Å². The summed E-state index contributed by atoms with van der Waals surface area (Å²) in [6.07, 6.45) is 0. The molecular formula is C16H18N2O6S2. The SMILES string of the molecule is CN(C(=O)c1sccc1S(=O)(=O)N(C)C)c1ccc(OCC(=O)O)cc1. The van der Waals surface area contributed by atoms with Gasteiger partial charge in [0.25, 0.3) is 5.91 Å². The van der Waals surface area contributed by atoms with Gasteiger partial charge in [0.1, 0.15) is 15.5 Å². The van der Waals surface area contributed by atoms with Crippen molar-refractivity contribution in [3.05, 3.63) is 40.6 Å². The summed E-state index contributed by atoms with van der Waals surface area (Å²) in [5.41, 5.74) is 0.513. The zero-order chi connectivity index (χ0) is 19.5. The molecule has 1 N–H and O–H groups in total. The third kappa shape index (κ3) is 4.21. The van der Waals surface area contributed by atoms with E-state index in [0.29, 0.717) is 11.4 Å². The molecule has 1 aromatic carbocycles. The Bertz CT molecular complexity index is 903. The van der Waals surface area contributed by atoms with Crippen LogP contribution in [-0.4, -0.2) is 57.5 Å². The summed E-state index contributed by atoms with van der Waals surface area (Å²) in [5, 5.41) is 10.2.